The van der Waals surface area contributed by atoms with Gasteiger partial charge in [0.1, 0.15) is 11.5 Å². The highest BCUT2D eigenvalue weighted by molar-refractivity contribution is 5.86. The molecule has 0 aromatic carbocycles. The van der Waals surface area contributed by atoms with Crippen molar-refractivity contribution in [2.75, 3.05) is 7.11 Å². The Morgan fingerprint density at radius 2 is 2.06 bits per heavy atom. The van der Waals surface area contributed by atoms with Crippen LogP contribution in [0, 0.1) is 15.5 Å². The van der Waals surface area contributed by atoms with Crippen LogP contribution in [0.15, 0.2) is 12.1 Å². The van der Waals surface area contributed by atoms with E-state index >= 15 is 0 Å². The predicted octanol–water partition coefficient (Wildman–Crippen LogP) is 2.16. The van der Waals surface area contributed by atoms with E-state index in [1.54, 1.807) is 20.8 Å². The molecule has 1 aromatic rings. The second kappa shape index (κ2) is 5.12. The standard InChI is InChI=1S/C12H16N2O4/c1-12(2,3)10(15)7-8-9(14(16)17)5-6-11(13-8)18-4/h5-6H,7H2,1-4H3. The third-order valence-corrected chi connectivity index (χ3v) is 2.49. The Balaban J connectivity index is 3.12. The number of carbonyl (C=O) groups excluding carboxylic acids is 1. The van der Waals surface area contributed by atoms with E-state index in [2.05, 4.69) is 4.98 Å². The van der Waals surface area contributed by atoms with Gasteiger partial charge < -0.3 is 4.74 Å². The van der Waals surface area contributed by atoms with E-state index in [0.717, 1.165) is 0 Å². The number of ketones is 1. The zero-order valence-electron chi connectivity index (χ0n) is 10.9. The Bertz CT molecular complexity index is 477. The molecule has 0 saturated carbocycles. The van der Waals surface area contributed by atoms with Gasteiger partial charge in [0.05, 0.1) is 18.5 Å². The molecule has 0 aliphatic rings. The van der Waals surface area contributed by atoms with Gasteiger partial charge in [-0.25, -0.2) is 4.98 Å². The van der Waals surface area contributed by atoms with Crippen LogP contribution in [-0.4, -0.2) is 22.8 Å². The fourth-order valence-electron chi connectivity index (χ4n) is 1.30. The molecule has 1 heterocycles. The predicted molar refractivity (Wildman–Crippen MR) is 65.6 cm³/mol. The van der Waals surface area contributed by atoms with Crippen molar-refractivity contribution < 1.29 is 14.5 Å². The van der Waals surface area contributed by atoms with Gasteiger partial charge in [-0.2, -0.15) is 0 Å². The molecule has 0 unspecified atom stereocenters. The van der Waals surface area contributed by atoms with Crippen molar-refractivity contribution in [3.05, 3.63) is 27.9 Å². The number of nitrogens with zero attached hydrogens (tertiary/aromatic N) is 2. The molecule has 0 spiro atoms. The molecule has 0 saturated heterocycles. The third kappa shape index (κ3) is 3.26. The van der Waals surface area contributed by atoms with E-state index in [9.17, 15) is 14.9 Å². The lowest BCUT2D eigenvalue weighted by Crippen LogP contribution is -2.23. The number of methoxy groups -OCH3 is 1. The largest absolute Gasteiger partial charge is 0.481 e. The number of ether oxygens (including phenoxy) is 1. The lowest BCUT2D eigenvalue weighted by Gasteiger charge is -2.16. The highest BCUT2D eigenvalue weighted by Gasteiger charge is 2.26. The van der Waals surface area contributed by atoms with E-state index in [1.807, 2.05) is 0 Å². The third-order valence-electron chi connectivity index (χ3n) is 2.49. The molecule has 98 valence electrons. The molecular weight excluding hydrogens is 236 g/mol. The zero-order chi connectivity index (χ0) is 13.9. The van der Waals surface area contributed by atoms with Crippen LogP contribution in [0.2, 0.25) is 0 Å². The monoisotopic (exact) mass is 252 g/mol. The highest BCUT2D eigenvalue weighted by Crippen LogP contribution is 2.24. The molecule has 0 atom stereocenters. The summed E-state index contributed by atoms with van der Waals surface area (Å²) < 4.78 is 4.91. The van der Waals surface area contributed by atoms with Gasteiger partial charge in [-0.15, -0.1) is 0 Å². The minimum absolute atomic E-state index is 0.0724. The Morgan fingerprint density at radius 1 is 1.44 bits per heavy atom. The summed E-state index contributed by atoms with van der Waals surface area (Å²) in [6, 6.07) is 2.71. The molecule has 18 heavy (non-hydrogen) atoms. The van der Waals surface area contributed by atoms with Gasteiger partial charge in [-0.05, 0) is 0 Å². The van der Waals surface area contributed by atoms with Crippen LogP contribution < -0.4 is 4.74 Å². The number of Topliss-reactive ketones (excluding diaryl/α,β-unsaturated/α-hetero) is 1. The van der Waals surface area contributed by atoms with E-state index < -0.39 is 10.3 Å². The first-order valence-corrected chi connectivity index (χ1v) is 5.47. The molecular formula is C12H16N2O4. The summed E-state index contributed by atoms with van der Waals surface area (Å²) in [5.41, 5.74) is -0.578. The van der Waals surface area contributed by atoms with Crippen LogP contribution in [0.3, 0.4) is 0 Å². The Labute approximate surface area is 105 Å². The molecule has 0 aliphatic carbocycles. The average Bonchev–Trinajstić information content (AvgIpc) is 2.27. The fraction of sp³-hybridized carbons (Fsp3) is 0.500. The highest BCUT2D eigenvalue weighted by atomic mass is 16.6. The van der Waals surface area contributed by atoms with Gasteiger partial charge in [-0.1, -0.05) is 20.8 Å². The molecule has 0 N–H and O–H groups in total. The van der Waals surface area contributed by atoms with E-state index in [4.69, 9.17) is 4.74 Å². The number of nitro groups is 1. The second-order valence-electron chi connectivity index (χ2n) is 4.93. The van der Waals surface area contributed by atoms with Crippen molar-refractivity contribution in [2.45, 2.75) is 27.2 Å². The van der Waals surface area contributed by atoms with Crippen molar-refractivity contribution >= 4 is 11.5 Å². The first-order chi connectivity index (χ1) is 8.25. The van der Waals surface area contributed by atoms with E-state index in [-0.39, 0.29) is 29.5 Å². The molecule has 6 heteroatoms. The number of rotatable bonds is 4. The molecule has 1 aromatic heterocycles. The molecule has 0 bridgehead atoms. The van der Waals surface area contributed by atoms with Gasteiger partial charge >= 0.3 is 0 Å². The van der Waals surface area contributed by atoms with Crippen molar-refractivity contribution in [3.8, 4) is 5.88 Å². The van der Waals surface area contributed by atoms with Crippen LogP contribution in [0.4, 0.5) is 5.69 Å². The van der Waals surface area contributed by atoms with Crippen molar-refractivity contribution in [3.63, 3.8) is 0 Å². The smallest absolute Gasteiger partial charge is 0.291 e. The Morgan fingerprint density at radius 3 is 2.50 bits per heavy atom. The van der Waals surface area contributed by atoms with Gasteiger partial charge in [0.25, 0.3) is 5.69 Å². The van der Waals surface area contributed by atoms with Crippen LogP contribution in [0.1, 0.15) is 26.5 Å². The number of aromatic nitrogens is 1. The lowest BCUT2D eigenvalue weighted by molar-refractivity contribution is -0.385. The fourth-order valence-corrected chi connectivity index (χ4v) is 1.30. The summed E-state index contributed by atoms with van der Waals surface area (Å²) in [6.45, 7) is 5.30. The van der Waals surface area contributed by atoms with Crippen LogP contribution in [-0.2, 0) is 11.2 Å². The SMILES string of the molecule is COc1ccc([N+](=O)[O-])c(CC(=O)C(C)(C)C)n1. The van der Waals surface area contributed by atoms with Crippen molar-refractivity contribution in [2.24, 2.45) is 5.41 Å². The van der Waals surface area contributed by atoms with Crippen LogP contribution >= 0.6 is 0 Å². The molecule has 0 fully saturated rings. The minimum atomic E-state index is -0.557. The van der Waals surface area contributed by atoms with Crippen molar-refractivity contribution in [1.82, 2.24) is 4.98 Å². The summed E-state index contributed by atoms with van der Waals surface area (Å²) in [7, 11) is 1.42. The molecule has 0 amide bonds. The Hall–Kier alpha value is -1.98. The number of hydrogen-bond acceptors (Lipinski definition) is 5. The maximum atomic E-state index is 11.9. The van der Waals surface area contributed by atoms with Gasteiger partial charge in [0.15, 0.2) is 0 Å². The molecule has 6 nitrogen and oxygen atoms in total. The summed E-state index contributed by atoms with van der Waals surface area (Å²) in [5.74, 6) is 0.156. The van der Waals surface area contributed by atoms with Crippen LogP contribution in [0.25, 0.3) is 0 Å². The zero-order valence-corrected chi connectivity index (χ0v) is 10.9. The van der Waals surface area contributed by atoms with Gasteiger partial charge in [0.2, 0.25) is 5.88 Å². The van der Waals surface area contributed by atoms with E-state index in [0.29, 0.717) is 0 Å². The van der Waals surface area contributed by atoms with Crippen molar-refractivity contribution in [1.29, 1.82) is 0 Å². The average molecular weight is 252 g/mol. The van der Waals surface area contributed by atoms with Crippen LogP contribution in [0.5, 0.6) is 5.88 Å². The van der Waals surface area contributed by atoms with Gasteiger partial charge in [0, 0.05) is 17.5 Å². The second-order valence-corrected chi connectivity index (χ2v) is 4.93. The summed E-state index contributed by atoms with van der Waals surface area (Å²) in [4.78, 5) is 26.2. The molecule has 0 radical (unpaired) electrons. The molecule has 1 rings (SSSR count). The Kier molecular flexibility index (Phi) is 4.00. The summed E-state index contributed by atoms with van der Waals surface area (Å²) in [5, 5.41) is 10.9. The number of hydrogen-bond donors (Lipinski definition) is 0. The first kappa shape index (κ1) is 14.1. The summed E-state index contributed by atoms with van der Waals surface area (Å²) >= 11 is 0. The first-order valence-electron chi connectivity index (χ1n) is 5.47. The summed E-state index contributed by atoms with van der Waals surface area (Å²) in [6.07, 6.45) is -0.0724. The topological polar surface area (TPSA) is 82.3 Å². The normalized spacial score (nSPS) is 11.1. The maximum Gasteiger partial charge on any atom is 0.291 e. The number of carbonyl (C=O) groups is 1. The molecule has 0 aliphatic heterocycles. The lowest BCUT2D eigenvalue weighted by atomic mass is 9.88. The quantitative estimate of drug-likeness (QED) is 0.605. The maximum absolute atomic E-state index is 11.9. The minimum Gasteiger partial charge on any atom is -0.481 e. The number of pyridine rings is 1. The van der Waals surface area contributed by atoms with Gasteiger partial charge in [-0.3, -0.25) is 14.9 Å². The van der Waals surface area contributed by atoms with E-state index in [1.165, 1.54) is 19.2 Å².